The van der Waals surface area contributed by atoms with E-state index in [2.05, 4.69) is 20.6 Å². The monoisotopic (exact) mass is 488 g/mol. The van der Waals surface area contributed by atoms with Crippen LogP contribution in [0.4, 0.5) is 13.2 Å². The molecule has 2 heterocycles. The summed E-state index contributed by atoms with van der Waals surface area (Å²) in [6.07, 6.45) is -7.06. The molecule has 2 aromatic heterocycles. The van der Waals surface area contributed by atoms with Crippen molar-refractivity contribution in [3.8, 4) is 34.3 Å². The van der Waals surface area contributed by atoms with Gasteiger partial charge in [0.1, 0.15) is 5.56 Å². The van der Waals surface area contributed by atoms with Gasteiger partial charge >= 0.3 is 6.18 Å². The van der Waals surface area contributed by atoms with Crippen molar-refractivity contribution in [2.24, 2.45) is 0 Å². The lowest BCUT2D eigenvalue weighted by Gasteiger charge is -2.12. The molecule has 12 heteroatoms. The summed E-state index contributed by atoms with van der Waals surface area (Å²) in [5.74, 6) is -1.68. The first-order valence-corrected chi connectivity index (χ1v) is 10.4. The number of carbonyl (C=O) groups is 1. The van der Waals surface area contributed by atoms with E-state index >= 15 is 0 Å². The maximum Gasteiger partial charge on any atom is 0.422 e. The molecule has 35 heavy (non-hydrogen) atoms. The zero-order chi connectivity index (χ0) is 25.2. The zero-order valence-corrected chi connectivity index (χ0v) is 18.2. The number of hydrogen-bond acceptors (Lipinski definition) is 8. The number of halogens is 3. The first kappa shape index (κ1) is 24.1. The van der Waals surface area contributed by atoms with E-state index in [1.165, 1.54) is 43.3 Å². The minimum atomic E-state index is -4.80. The molecule has 0 spiro atoms. The number of aliphatic hydroxyl groups excluding tert-OH is 2. The van der Waals surface area contributed by atoms with E-state index in [4.69, 9.17) is 9.05 Å². The van der Waals surface area contributed by atoms with Crippen LogP contribution < -0.4 is 5.32 Å². The summed E-state index contributed by atoms with van der Waals surface area (Å²) in [7, 11) is 0. The minimum absolute atomic E-state index is 0.0203. The number of rotatable bonds is 7. The second-order valence-corrected chi connectivity index (χ2v) is 7.64. The van der Waals surface area contributed by atoms with Gasteiger partial charge in [-0.15, -0.1) is 0 Å². The highest BCUT2D eigenvalue weighted by Crippen LogP contribution is 2.43. The van der Waals surface area contributed by atoms with E-state index in [0.717, 1.165) is 0 Å². The number of carbonyl (C=O) groups excluding carboxylic acids is 1. The highest BCUT2D eigenvalue weighted by atomic mass is 19.4. The van der Waals surface area contributed by atoms with Crippen molar-refractivity contribution in [2.45, 2.75) is 25.3 Å². The van der Waals surface area contributed by atoms with Gasteiger partial charge in [-0.3, -0.25) is 4.79 Å². The van der Waals surface area contributed by atoms with Crippen LogP contribution in [0, 0.1) is 0 Å². The Morgan fingerprint density at radius 3 is 2.31 bits per heavy atom. The van der Waals surface area contributed by atoms with Crippen molar-refractivity contribution in [3.05, 3.63) is 65.7 Å². The lowest BCUT2D eigenvalue weighted by atomic mass is 10.1. The van der Waals surface area contributed by atoms with E-state index < -0.39 is 47.2 Å². The summed E-state index contributed by atoms with van der Waals surface area (Å²) in [5, 5.41) is 29.0. The Morgan fingerprint density at radius 2 is 1.69 bits per heavy atom. The van der Waals surface area contributed by atoms with Crippen molar-refractivity contribution < 1.29 is 37.2 Å². The molecule has 4 rings (SSSR count). The van der Waals surface area contributed by atoms with Crippen LogP contribution >= 0.6 is 0 Å². The normalized spacial score (nSPS) is 13.4. The van der Waals surface area contributed by atoms with Crippen LogP contribution in [0.25, 0.3) is 34.3 Å². The van der Waals surface area contributed by atoms with Crippen molar-refractivity contribution >= 4 is 5.91 Å². The fraction of sp³-hybridized carbons (Fsp3) is 0.217. The van der Waals surface area contributed by atoms with Crippen LogP contribution in [0.1, 0.15) is 24.2 Å². The Morgan fingerprint density at radius 1 is 1.00 bits per heavy atom. The van der Waals surface area contributed by atoms with Gasteiger partial charge in [0.25, 0.3) is 11.8 Å². The second kappa shape index (κ2) is 9.68. The van der Waals surface area contributed by atoms with Gasteiger partial charge in [0.2, 0.25) is 5.82 Å². The summed E-state index contributed by atoms with van der Waals surface area (Å²) in [4.78, 5) is 16.0. The third kappa shape index (κ3) is 5.23. The molecule has 0 aliphatic rings. The van der Waals surface area contributed by atoms with Crippen molar-refractivity contribution in [1.29, 1.82) is 0 Å². The van der Waals surface area contributed by atoms with Gasteiger partial charge in [0, 0.05) is 17.7 Å². The molecule has 2 atom stereocenters. The molecule has 0 radical (unpaired) electrons. The number of benzene rings is 2. The summed E-state index contributed by atoms with van der Waals surface area (Å²) in [6, 6.07) is 13.5. The molecular weight excluding hydrogens is 469 g/mol. The molecule has 3 N–H and O–H groups in total. The second-order valence-electron chi connectivity index (χ2n) is 7.64. The standard InChI is InChI=1S/C23H19F3N4O5/c1-12(31)11-27-21(33)18(32)13-7-9-15(10-8-13)20-28-22(35-30-20)17-16(23(24,25)26)19(34-29-17)14-5-3-2-4-6-14/h2-10,12,18,31-32H,11H2,1H3,(H,27,33). The molecule has 2 unspecified atom stereocenters. The number of nitrogens with one attached hydrogen (secondary N) is 1. The highest BCUT2D eigenvalue weighted by Gasteiger charge is 2.42. The SMILES string of the molecule is CC(O)CNC(=O)C(O)c1ccc(-c2noc(-c3noc(-c4ccccc4)c3C(F)(F)F)n2)cc1. The van der Waals surface area contributed by atoms with Crippen LogP contribution in [0.2, 0.25) is 0 Å². The van der Waals surface area contributed by atoms with E-state index in [9.17, 15) is 28.2 Å². The predicted molar refractivity (Wildman–Crippen MR) is 115 cm³/mol. The van der Waals surface area contributed by atoms with E-state index in [0.29, 0.717) is 5.56 Å². The van der Waals surface area contributed by atoms with Gasteiger partial charge < -0.3 is 24.6 Å². The topological polar surface area (TPSA) is 135 Å². The van der Waals surface area contributed by atoms with Crippen molar-refractivity contribution in [2.75, 3.05) is 6.54 Å². The average molecular weight is 488 g/mol. The van der Waals surface area contributed by atoms with Gasteiger partial charge in [0.15, 0.2) is 17.6 Å². The maximum atomic E-state index is 13.9. The van der Waals surface area contributed by atoms with Gasteiger partial charge in [0.05, 0.1) is 6.10 Å². The molecule has 0 bridgehead atoms. The average Bonchev–Trinajstić information content (AvgIpc) is 3.50. The number of amides is 1. The third-order valence-corrected chi connectivity index (χ3v) is 4.94. The Labute approximate surface area is 196 Å². The Balaban J connectivity index is 1.60. The fourth-order valence-electron chi connectivity index (χ4n) is 3.23. The minimum Gasteiger partial charge on any atom is -0.392 e. The largest absolute Gasteiger partial charge is 0.422 e. The third-order valence-electron chi connectivity index (χ3n) is 4.94. The van der Waals surface area contributed by atoms with E-state index in [1.807, 2.05) is 0 Å². The molecule has 2 aromatic carbocycles. The molecule has 1 amide bonds. The molecule has 0 aliphatic heterocycles. The Hall–Kier alpha value is -4.03. The first-order valence-electron chi connectivity index (χ1n) is 10.4. The Bertz CT molecular complexity index is 1300. The smallest absolute Gasteiger partial charge is 0.392 e. The van der Waals surface area contributed by atoms with Crippen LogP contribution in [-0.4, -0.2) is 44.1 Å². The molecule has 182 valence electrons. The maximum absolute atomic E-state index is 13.9. The van der Waals surface area contributed by atoms with E-state index in [-0.39, 0.29) is 23.5 Å². The lowest BCUT2D eigenvalue weighted by molar-refractivity contribution is -0.137. The fourth-order valence-corrected chi connectivity index (χ4v) is 3.23. The van der Waals surface area contributed by atoms with Crippen molar-refractivity contribution in [3.63, 3.8) is 0 Å². The summed E-state index contributed by atoms with van der Waals surface area (Å²) >= 11 is 0. The van der Waals surface area contributed by atoms with Crippen LogP contribution in [0.5, 0.6) is 0 Å². The van der Waals surface area contributed by atoms with Gasteiger partial charge in [-0.25, -0.2) is 0 Å². The highest BCUT2D eigenvalue weighted by molar-refractivity contribution is 5.82. The van der Waals surface area contributed by atoms with Gasteiger partial charge in [-0.1, -0.05) is 64.9 Å². The van der Waals surface area contributed by atoms with Gasteiger partial charge in [-0.2, -0.15) is 18.2 Å². The number of hydrogen-bond donors (Lipinski definition) is 3. The lowest BCUT2D eigenvalue weighted by Crippen LogP contribution is -2.34. The quantitative estimate of drug-likeness (QED) is 0.359. The summed E-state index contributed by atoms with van der Waals surface area (Å²) in [6.45, 7) is 1.47. The molecule has 0 aliphatic carbocycles. The van der Waals surface area contributed by atoms with Crippen LogP contribution in [-0.2, 0) is 11.0 Å². The molecule has 0 saturated carbocycles. The van der Waals surface area contributed by atoms with Crippen LogP contribution in [0.3, 0.4) is 0 Å². The molecule has 0 saturated heterocycles. The number of aliphatic hydroxyl groups is 2. The predicted octanol–water partition coefficient (Wildman–Crippen LogP) is 3.61. The Kier molecular flexibility index (Phi) is 6.67. The van der Waals surface area contributed by atoms with Crippen LogP contribution in [0.15, 0.2) is 63.6 Å². The number of alkyl halides is 3. The van der Waals surface area contributed by atoms with E-state index in [1.54, 1.807) is 18.2 Å². The first-order chi connectivity index (χ1) is 16.6. The summed E-state index contributed by atoms with van der Waals surface area (Å²) in [5.41, 5.74) is -0.980. The van der Waals surface area contributed by atoms with Gasteiger partial charge in [-0.05, 0) is 12.5 Å². The molecular formula is C23H19F3N4O5. The summed E-state index contributed by atoms with van der Waals surface area (Å²) < 4.78 is 51.6. The number of nitrogens with zero attached hydrogens (tertiary/aromatic N) is 3. The molecule has 9 nitrogen and oxygen atoms in total. The zero-order valence-electron chi connectivity index (χ0n) is 18.2. The number of aromatic nitrogens is 3. The molecule has 0 fully saturated rings. The van der Waals surface area contributed by atoms with Crippen molar-refractivity contribution in [1.82, 2.24) is 20.6 Å². The molecule has 4 aromatic rings.